The van der Waals surface area contributed by atoms with Crippen LogP contribution in [-0.2, 0) is 4.79 Å². The van der Waals surface area contributed by atoms with Crippen LogP contribution in [0.15, 0.2) is 35.3 Å². The minimum Gasteiger partial charge on any atom is -0.479 e. The Labute approximate surface area is 93.0 Å². The molecule has 1 aromatic rings. The molecule has 0 saturated heterocycles. The Balaban J connectivity index is 2.98. The second-order valence-corrected chi connectivity index (χ2v) is 3.10. The van der Waals surface area contributed by atoms with Crippen molar-refractivity contribution < 1.29 is 9.90 Å². The fraction of sp³-hybridized carbons (Fsp3) is 0.182. The topological polar surface area (TPSA) is 85.5 Å². The van der Waals surface area contributed by atoms with E-state index in [9.17, 15) is 4.79 Å². The summed E-state index contributed by atoms with van der Waals surface area (Å²) in [5, 5.41) is 19.7. The summed E-state index contributed by atoms with van der Waals surface area (Å²) in [5.74, 6) is -0.774. The van der Waals surface area contributed by atoms with Crippen LogP contribution in [0.2, 0.25) is 0 Å². The lowest BCUT2D eigenvalue weighted by atomic mass is 10.1. The number of nitrogens with zero attached hydrogens (tertiary/aromatic N) is 2. The van der Waals surface area contributed by atoms with Crippen molar-refractivity contribution in [2.24, 2.45) is 4.99 Å². The van der Waals surface area contributed by atoms with Gasteiger partial charge in [-0.3, -0.25) is 10.3 Å². The molecule has 1 rings (SSSR count). The Morgan fingerprint density at radius 1 is 1.50 bits per heavy atom. The third-order valence-electron chi connectivity index (χ3n) is 1.91. The molecule has 0 aliphatic rings. The van der Waals surface area contributed by atoms with Gasteiger partial charge in [-0.25, -0.2) is 4.79 Å². The van der Waals surface area contributed by atoms with Gasteiger partial charge in [-0.2, -0.15) is 5.26 Å². The van der Waals surface area contributed by atoms with Gasteiger partial charge >= 0.3 is 5.97 Å². The molecule has 5 heteroatoms. The summed E-state index contributed by atoms with van der Waals surface area (Å²) in [7, 11) is 0. The molecule has 0 fully saturated rings. The number of carboxylic acids is 1. The molecule has 1 aromatic carbocycles. The number of nitrogens with one attached hydrogen (secondary N) is 1. The van der Waals surface area contributed by atoms with Crippen molar-refractivity contribution in [3.05, 3.63) is 35.9 Å². The highest BCUT2D eigenvalue weighted by atomic mass is 16.4. The molecule has 0 radical (unpaired) electrons. The second-order valence-electron chi connectivity index (χ2n) is 3.10. The largest absolute Gasteiger partial charge is 0.479 e. The standard InChI is InChI=1S/C11H11N3O2/c1-8(13-7-12)14-10(11(15)16)9-5-3-2-4-6-9/h2-6,10H,1H3,(H,13,14)(H,15,16). The maximum absolute atomic E-state index is 11.0. The first kappa shape index (κ1) is 11.7. The van der Waals surface area contributed by atoms with Crippen LogP contribution in [0.5, 0.6) is 0 Å². The highest BCUT2D eigenvalue weighted by Gasteiger charge is 2.18. The molecule has 0 aromatic heterocycles. The van der Waals surface area contributed by atoms with Gasteiger partial charge in [0, 0.05) is 0 Å². The van der Waals surface area contributed by atoms with E-state index in [1.165, 1.54) is 0 Å². The summed E-state index contributed by atoms with van der Waals surface area (Å²) in [4.78, 5) is 14.9. The molecule has 0 spiro atoms. The van der Waals surface area contributed by atoms with Gasteiger partial charge in [0.2, 0.25) is 0 Å². The van der Waals surface area contributed by atoms with Gasteiger partial charge in [-0.15, -0.1) is 0 Å². The highest BCUT2D eigenvalue weighted by molar-refractivity contribution is 5.85. The van der Waals surface area contributed by atoms with Crippen LogP contribution in [0.1, 0.15) is 18.5 Å². The fourth-order valence-corrected chi connectivity index (χ4v) is 1.21. The average Bonchev–Trinajstić information content (AvgIpc) is 2.27. The van der Waals surface area contributed by atoms with Crippen molar-refractivity contribution in [2.75, 3.05) is 0 Å². The molecule has 0 aliphatic heterocycles. The van der Waals surface area contributed by atoms with Crippen molar-refractivity contribution in [3.63, 3.8) is 0 Å². The summed E-state index contributed by atoms with van der Waals surface area (Å²) in [6.07, 6.45) is 1.69. The molecular formula is C11H11N3O2. The van der Waals surface area contributed by atoms with E-state index in [0.717, 1.165) is 0 Å². The van der Waals surface area contributed by atoms with E-state index < -0.39 is 12.0 Å². The van der Waals surface area contributed by atoms with Crippen molar-refractivity contribution >= 4 is 11.8 Å². The van der Waals surface area contributed by atoms with E-state index in [1.807, 2.05) is 0 Å². The van der Waals surface area contributed by atoms with Gasteiger partial charge in [0.1, 0.15) is 5.84 Å². The first-order valence-electron chi connectivity index (χ1n) is 4.62. The lowest BCUT2D eigenvalue weighted by molar-refractivity contribution is -0.138. The summed E-state index contributed by atoms with van der Waals surface area (Å²) < 4.78 is 0. The summed E-state index contributed by atoms with van der Waals surface area (Å²) in [5.41, 5.74) is 0.578. The molecule has 1 atom stereocenters. The number of aliphatic carboxylic acids is 1. The van der Waals surface area contributed by atoms with Crippen molar-refractivity contribution in [1.82, 2.24) is 5.32 Å². The SMILES string of the molecule is CC(=NC(C(=O)O)c1ccccc1)NC#N. The predicted molar refractivity (Wildman–Crippen MR) is 58.7 cm³/mol. The summed E-state index contributed by atoms with van der Waals surface area (Å²) >= 11 is 0. The van der Waals surface area contributed by atoms with Gasteiger partial charge in [-0.1, -0.05) is 30.3 Å². The molecule has 0 bridgehead atoms. The molecule has 5 nitrogen and oxygen atoms in total. The number of nitriles is 1. The molecular weight excluding hydrogens is 206 g/mol. The minimum absolute atomic E-state index is 0.277. The molecule has 0 saturated carbocycles. The summed E-state index contributed by atoms with van der Waals surface area (Å²) in [6.45, 7) is 1.54. The van der Waals surface area contributed by atoms with Gasteiger partial charge < -0.3 is 5.11 Å². The average molecular weight is 217 g/mol. The second kappa shape index (κ2) is 5.51. The molecule has 2 N–H and O–H groups in total. The van der Waals surface area contributed by atoms with Crippen molar-refractivity contribution in [3.8, 4) is 6.19 Å². The monoisotopic (exact) mass is 217 g/mol. The maximum atomic E-state index is 11.0. The van der Waals surface area contributed by atoms with Crippen LogP contribution in [0.25, 0.3) is 0 Å². The summed E-state index contributed by atoms with van der Waals surface area (Å²) in [6, 6.07) is 7.67. The molecule has 0 heterocycles. The van der Waals surface area contributed by atoms with Gasteiger partial charge in [-0.05, 0) is 12.5 Å². The lowest BCUT2D eigenvalue weighted by Crippen LogP contribution is -2.18. The fourth-order valence-electron chi connectivity index (χ4n) is 1.21. The number of hydrogen-bond donors (Lipinski definition) is 2. The first-order valence-corrected chi connectivity index (χ1v) is 4.62. The normalized spacial score (nSPS) is 12.6. The van der Waals surface area contributed by atoms with Crippen LogP contribution < -0.4 is 5.32 Å². The third kappa shape index (κ3) is 3.10. The number of amidine groups is 1. The van der Waals surface area contributed by atoms with Crippen LogP contribution in [-0.4, -0.2) is 16.9 Å². The zero-order valence-electron chi connectivity index (χ0n) is 8.71. The number of rotatable bonds is 3. The first-order chi connectivity index (χ1) is 7.65. The number of carboxylic acid groups (broad SMARTS) is 1. The Bertz CT molecular complexity index is 434. The Morgan fingerprint density at radius 2 is 2.12 bits per heavy atom. The van der Waals surface area contributed by atoms with Crippen molar-refractivity contribution in [1.29, 1.82) is 5.26 Å². The van der Waals surface area contributed by atoms with Gasteiger partial charge in [0.15, 0.2) is 12.2 Å². The number of aliphatic imine (C=N–C) groups is 1. The van der Waals surface area contributed by atoms with Crippen LogP contribution in [0.4, 0.5) is 0 Å². The van der Waals surface area contributed by atoms with Gasteiger partial charge in [0.05, 0.1) is 0 Å². The van der Waals surface area contributed by atoms with E-state index in [2.05, 4.69) is 10.3 Å². The van der Waals surface area contributed by atoms with E-state index >= 15 is 0 Å². The molecule has 0 amide bonds. The van der Waals surface area contributed by atoms with Gasteiger partial charge in [0.25, 0.3) is 0 Å². The number of carbonyl (C=O) groups is 1. The van der Waals surface area contributed by atoms with Crippen molar-refractivity contribution in [2.45, 2.75) is 13.0 Å². The predicted octanol–water partition coefficient (Wildman–Crippen LogP) is 1.30. The van der Waals surface area contributed by atoms with E-state index in [0.29, 0.717) is 5.56 Å². The number of hydrogen-bond acceptors (Lipinski definition) is 3. The van der Waals surface area contributed by atoms with E-state index in [-0.39, 0.29) is 5.84 Å². The highest BCUT2D eigenvalue weighted by Crippen LogP contribution is 2.17. The van der Waals surface area contributed by atoms with E-state index in [4.69, 9.17) is 10.4 Å². The zero-order valence-corrected chi connectivity index (χ0v) is 8.71. The third-order valence-corrected chi connectivity index (χ3v) is 1.91. The van der Waals surface area contributed by atoms with Crippen LogP contribution >= 0.6 is 0 Å². The Hall–Kier alpha value is -2.35. The lowest BCUT2D eigenvalue weighted by Gasteiger charge is -2.08. The minimum atomic E-state index is -1.05. The Morgan fingerprint density at radius 3 is 2.62 bits per heavy atom. The van der Waals surface area contributed by atoms with Crippen LogP contribution in [0.3, 0.4) is 0 Å². The zero-order chi connectivity index (χ0) is 12.0. The quantitative estimate of drug-likeness (QED) is 0.346. The molecule has 0 aliphatic carbocycles. The van der Waals surface area contributed by atoms with Crippen LogP contribution in [0, 0.1) is 11.5 Å². The molecule has 1 unspecified atom stereocenters. The molecule has 82 valence electrons. The molecule has 16 heavy (non-hydrogen) atoms. The van der Waals surface area contributed by atoms with E-state index in [1.54, 1.807) is 43.4 Å². The maximum Gasteiger partial charge on any atom is 0.333 e. The Kier molecular flexibility index (Phi) is 4.04. The smallest absolute Gasteiger partial charge is 0.333 e. The number of benzene rings is 1.